The molecule has 2 nitrogen and oxygen atoms in total. The van der Waals surface area contributed by atoms with E-state index in [0.29, 0.717) is 5.92 Å². The Morgan fingerprint density at radius 1 is 1.18 bits per heavy atom. The van der Waals surface area contributed by atoms with Gasteiger partial charge in [-0.2, -0.15) is 0 Å². The third-order valence-corrected chi connectivity index (χ3v) is 3.81. The zero-order valence-corrected chi connectivity index (χ0v) is 10.4. The summed E-state index contributed by atoms with van der Waals surface area (Å²) in [6.07, 6.45) is 7.36. The van der Waals surface area contributed by atoms with E-state index in [0.717, 1.165) is 17.6 Å². The Bertz CT molecular complexity index is 350. The molecular weight excluding hydrogens is 212 g/mol. The number of rotatable bonds is 4. The van der Waals surface area contributed by atoms with Gasteiger partial charge in [0, 0.05) is 5.92 Å². The van der Waals surface area contributed by atoms with E-state index < -0.39 is 0 Å². The first-order chi connectivity index (χ1) is 8.35. The summed E-state index contributed by atoms with van der Waals surface area (Å²) in [5.74, 6) is 1.46. The lowest BCUT2D eigenvalue weighted by atomic mass is 9.77. The lowest BCUT2D eigenvalue weighted by Gasteiger charge is -2.27. The third kappa shape index (κ3) is 2.87. The molecule has 1 aromatic rings. The zero-order valence-electron chi connectivity index (χ0n) is 10.4. The van der Waals surface area contributed by atoms with Gasteiger partial charge in [-0.1, -0.05) is 31.4 Å². The molecule has 1 saturated carbocycles. The number of hydrogen-bond donors (Lipinski definition) is 0. The van der Waals surface area contributed by atoms with Gasteiger partial charge in [0.1, 0.15) is 12.0 Å². The monoisotopic (exact) mass is 232 g/mol. The van der Waals surface area contributed by atoms with Crippen molar-refractivity contribution in [1.29, 1.82) is 0 Å². The van der Waals surface area contributed by atoms with Crippen LogP contribution in [0.3, 0.4) is 0 Å². The van der Waals surface area contributed by atoms with Crippen LogP contribution in [0.5, 0.6) is 5.75 Å². The van der Waals surface area contributed by atoms with Gasteiger partial charge in [-0.15, -0.1) is 0 Å². The number of carbonyl (C=O) groups excluding carboxylic acids is 1. The lowest BCUT2D eigenvalue weighted by molar-refractivity contribution is -0.110. The second kappa shape index (κ2) is 5.85. The molecule has 92 valence electrons. The molecule has 0 N–H and O–H groups in total. The average Bonchev–Trinajstić information content (AvgIpc) is 2.42. The summed E-state index contributed by atoms with van der Waals surface area (Å²) in [5.41, 5.74) is 1.13. The number of ether oxygens (including phenoxy) is 1. The van der Waals surface area contributed by atoms with Gasteiger partial charge in [-0.05, 0) is 36.5 Å². The molecule has 1 aromatic carbocycles. The smallest absolute Gasteiger partial charge is 0.127 e. The van der Waals surface area contributed by atoms with Crippen LogP contribution in [0.2, 0.25) is 0 Å². The van der Waals surface area contributed by atoms with Crippen LogP contribution in [0.25, 0.3) is 0 Å². The quantitative estimate of drug-likeness (QED) is 0.742. The Kier molecular flexibility index (Phi) is 4.18. The van der Waals surface area contributed by atoms with Crippen molar-refractivity contribution < 1.29 is 9.53 Å². The molecule has 1 aliphatic rings. The summed E-state index contributed by atoms with van der Waals surface area (Å²) in [6.45, 7) is 0. The van der Waals surface area contributed by atoms with E-state index in [9.17, 15) is 4.79 Å². The van der Waals surface area contributed by atoms with Gasteiger partial charge in [-0.3, -0.25) is 0 Å². The van der Waals surface area contributed by atoms with Gasteiger partial charge in [0.25, 0.3) is 0 Å². The Balaban J connectivity index is 2.12. The third-order valence-electron chi connectivity index (χ3n) is 3.81. The second-order valence-electron chi connectivity index (χ2n) is 4.83. The molecule has 17 heavy (non-hydrogen) atoms. The van der Waals surface area contributed by atoms with Gasteiger partial charge >= 0.3 is 0 Å². The van der Waals surface area contributed by atoms with Crippen LogP contribution in [0.15, 0.2) is 24.3 Å². The van der Waals surface area contributed by atoms with E-state index in [2.05, 4.69) is 0 Å². The first-order valence-electron chi connectivity index (χ1n) is 6.44. The molecule has 0 spiro atoms. The standard InChI is InChI=1S/C15H20O2/c1-17-14-9-7-13(8-10-14)15(11-16)12-5-3-2-4-6-12/h7-12,15H,2-6H2,1H3. The molecule has 1 fully saturated rings. The van der Waals surface area contributed by atoms with Crippen LogP contribution < -0.4 is 4.74 Å². The molecule has 0 aliphatic heterocycles. The predicted octanol–water partition coefficient (Wildman–Crippen LogP) is 3.56. The van der Waals surface area contributed by atoms with Gasteiger partial charge in [0.2, 0.25) is 0 Å². The van der Waals surface area contributed by atoms with Crippen molar-refractivity contribution in [1.82, 2.24) is 0 Å². The molecular formula is C15H20O2. The van der Waals surface area contributed by atoms with E-state index in [-0.39, 0.29) is 5.92 Å². The maximum Gasteiger partial charge on any atom is 0.127 e. The number of carbonyl (C=O) groups is 1. The zero-order chi connectivity index (χ0) is 12.1. The molecule has 0 amide bonds. The van der Waals surface area contributed by atoms with Gasteiger partial charge < -0.3 is 9.53 Å². The summed E-state index contributed by atoms with van der Waals surface area (Å²) in [5, 5.41) is 0. The second-order valence-corrected chi connectivity index (χ2v) is 4.83. The Labute approximate surface area is 103 Å². The summed E-state index contributed by atoms with van der Waals surface area (Å²) < 4.78 is 5.14. The van der Waals surface area contributed by atoms with E-state index in [1.165, 1.54) is 32.1 Å². The fourth-order valence-electron chi connectivity index (χ4n) is 2.78. The van der Waals surface area contributed by atoms with Crippen molar-refractivity contribution >= 4 is 6.29 Å². The minimum Gasteiger partial charge on any atom is -0.497 e. The summed E-state index contributed by atoms with van der Waals surface area (Å²) in [4.78, 5) is 11.3. The maximum atomic E-state index is 11.3. The van der Waals surface area contributed by atoms with Crippen molar-refractivity contribution in [2.75, 3.05) is 7.11 Å². The summed E-state index contributed by atoms with van der Waals surface area (Å²) in [7, 11) is 1.66. The predicted molar refractivity (Wildman–Crippen MR) is 68.4 cm³/mol. The average molecular weight is 232 g/mol. The van der Waals surface area contributed by atoms with Crippen LogP contribution in [0.1, 0.15) is 43.6 Å². The topological polar surface area (TPSA) is 26.3 Å². The van der Waals surface area contributed by atoms with Crippen molar-refractivity contribution in [3.63, 3.8) is 0 Å². The summed E-state index contributed by atoms with van der Waals surface area (Å²) >= 11 is 0. The number of aldehydes is 1. The number of methoxy groups -OCH3 is 1. The molecule has 2 heteroatoms. The molecule has 0 heterocycles. The Hall–Kier alpha value is -1.31. The molecule has 2 rings (SSSR count). The number of hydrogen-bond acceptors (Lipinski definition) is 2. The largest absolute Gasteiger partial charge is 0.497 e. The molecule has 1 aliphatic carbocycles. The van der Waals surface area contributed by atoms with Crippen molar-refractivity contribution in [2.24, 2.45) is 5.92 Å². The van der Waals surface area contributed by atoms with Crippen LogP contribution in [0, 0.1) is 5.92 Å². The molecule has 1 unspecified atom stereocenters. The highest BCUT2D eigenvalue weighted by atomic mass is 16.5. The molecule has 0 radical (unpaired) electrons. The van der Waals surface area contributed by atoms with Crippen LogP contribution in [0.4, 0.5) is 0 Å². The lowest BCUT2D eigenvalue weighted by Crippen LogP contribution is -2.17. The molecule has 0 bridgehead atoms. The first-order valence-corrected chi connectivity index (χ1v) is 6.44. The highest BCUT2D eigenvalue weighted by Gasteiger charge is 2.24. The van der Waals surface area contributed by atoms with Crippen molar-refractivity contribution in [3.8, 4) is 5.75 Å². The van der Waals surface area contributed by atoms with Crippen LogP contribution >= 0.6 is 0 Å². The first kappa shape index (κ1) is 12.2. The molecule has 0 saturated heterocycles. The minimum absolute atomic E-state index is 0.0706. The highest BCUT2D eigenvalue weighted by Crippen LogP contribution is 2.35. The summed E-state index contributed by atoms with van der Waals surface area (Å²) in [6, 6.07) is 7.92. The maximum absolute atomic E-state index is 11.3. The fraction of sp³-hybridized carbons (Fsp3) is 0.533. The van der Waals surface area contributed by atoms with Crippen LogP contribution in [-0.4, -0.2) is 13.4 Å². The normalized spacial score (nSPS) is 18.6. The fourth-order valence-corrected chi connectivity index (χ4v) is 2.78. The van der Waals surface area contributed by atoms with Crippen molar-refractivity contribution in [2.45, 2.75) is 38.0 Å². The minimum atomic E-state index is 0.0706. The molecule has 1 atom stereocenters. The highest BCUT2D eigenvalue weighted by molar-refractivity contribution is 5.63. The van der Waals surface area contributed by atoms with E-state index in [1.807, 2.05) is 24.3 Å². The Morgan fingerprint density at radius 2 is 1.82 bits per heavy atom. The van der Waals surface area contributed by atoms with E-state index in [1.54, 1.807) is 7.11 Å². The van der Waals surface area contributed by atoms with Gasteiger partial charge in [-0.25, -0.2) is 0 Å². The van der Waals surface area contributed by atoms with Crippen LogP contribution in [-0.2, 0) is 4.79 Å². The van der Waals surface area contributed by atoms with Gasteiger partial charge in [0.15, 0.2) is 0 Å². The number of benzene rings is 1. The SMILES string of the molecule is COc1ccc(C(C=O)C2CCCCC2)cc1. The Morgan fingerprint density at radius 3 is 2.35 bits per heavy atom. The van der Waals surface area contributed by atoms with E-state index >= 15 is 0 Å². The van der Waals surface area contributed by atoms with E-state index in [4.69, 9.17) is 4.74 Å². The molecule has 0 aromatic heterocycles. The van der Waals surface area contributed by atoms with Crippen molar-refractivity contribution in [3.05, 3.63) is 29.8 Å². The van der Waals surface area contributed by atoms with Gasteiger partial charge in [0.05, 0.1) is 7.11 Å².